The van der Waals surface area contributed by atoms with E-state index in [9.17, 15) is 10.5 Å². The Morgan fingerprint density at radius 2 is 1.59 bits per heavy atom. The van der Waals surface area contributed by atoms with Gasteiger partial charge in [0.05, 0.1) is 0 Å². The fourth-order valence-electron chi connectivity index (χ4n) is 2.31. The molecule has 0 heterocycles. The fourth-order valence-corrected chi connectivity index (χ4v) is 2.31. The van der Waals surface area contributed by atoms with Crippen molar-refractivity contribution in [3.63, 3.8) is 0 Å². The Kier molecular flexibility index (Phi) is 4.91. The lowest BCUT2D eigenvalue weighted by molar-refractivity contribution is 1.44. The van der Waals surface area contributed by atoms with Crippen molar-refractivity contribution in [2.75, 3.05) is 0 Å². The molecule has 0 fully saturated rings. The molecule has 2 rings (SSSR count). The Morgan fingerprint density at radius 1 is 0.909 bits per heavy atom. The van der Waals surface area contributed by atoms with Gasteiger partial charge in [0, 0.05) is 5.57 Å². The van der Waals surface area contributed by atoms with Crippen molar-refractivity contribution in [1.29, 1.82) is 10.5 Å². The minimum atomic E-state index is 0.118. The molecule has 0 bridgehead atoms. The molecule has 0 unspecified atom stereocenters. The predicted molar refractivity (Wildman–Crippen MR) is 89.3 cm³/mol. The van der Waals surface area contributed by atoms with Crippen LogP contribution in [0.3, 0.4) is 0 Å². The van der Waals surface area contributed by atoms with E-state index < -0.39 is 0 Å². The summed E-state index contributed by atoms with van der Waals surface area (Å²) in [5, 5.41) is 18.5. The van der Waals surface area contributed by atoms with Gasteiger partial charge in [-0.3, -0.25) is 0 Å². The Morgan fingerprint density at radius 3 is 2.23 bits per heavy atom. The molecule has 0 saturated carbocycles. The van der Waals surface area contributed by atoms with Crippen LogP contribution in [0.4, 0.5) is 0 Å². The van der Waals surface area contributed by atoms with Gasteiger partial charge in [0.1, 0.15) is 17.7 Å². The smallest absolute Gasteiger partial charge is 0.137 e. The van der Waals surface area contributed by atoms with Crippen LogP contribution in [-0.4, -0.2) is 0 Å². The first kappa shape index (κ1) is 15.3. The van der Waals surface area contributed by atoms with Crippen molar-refractivity contribution in [3.8, 4) is 12.1 Å². The summed E-state index contributed by atoms with van der Waals surface area (Å²) in [6.45, 7) is 4.08. The van der Waals surface area contributed by atoms with E-state index in [2.05, 4.69) is 6.08 Å². The molecule has 106 valence electrons. The summed E-state index contributed by atoms with van der Waals surface area (Å²) in [6.07, 6.45) is 10.1. The van der Waals surface area contributed by atoms with E-state index in [0.29, 0.717) is 5.57 Å². The molecule has 1 aliphatic carbocycles. The van der Waals surface area contributed by atoms with Crippen LogP contribution in [0, 0.1) is 22.7 Å². The molecule has 1 aromatic rings. The molecule has 0 spiro atoms. The molecular weight excluding hydrogens is 268 g/mol. The van der Waals surface area contributed by atoms with Gasteiger partial charge in [-0.1, -0.05) is 65.8 Å². The Hall–Kier alpha value is -3.10. The van der Waals surface area contributed by atoms with Crippen molar-refractivity contribution in [2.24, 2.45) is 0 Å². The molecule has 0 atom stereocenters. The van der Waals surface area contributed by atoms with Crippen molar-refractivity contribution < 1.29 is 0 Å². The van der Waals surface area contributed by atoms with Gasteiger partial charge in [0.15, 0.2) is 0 Å². The average molecular weight is 284 g/mol. The molecular formula is C20H16N2. The maximum Gasteiger partial charge on any atom is 0.137 e. The Bertz CT molecular complexity index is 786. The second kappa shape index (κ2) is 7.07. The molecule has 2 heteroatoms. The molecule has 0 amide bonds. The lowest BCUT2D eigenvalue weighted by Gasteiger charge is -2.04. The van der Waals surface area contributed by atoms with Gasteiger partial charge < -0.3 is 0 Å². The van der Waals surface area contributed by atoms with Gasteiger partial charge in [-0.2, -0.15) is 10.5 Å². The van der Waals surface area contributed by atoms with Crippen molar-refractivity contribution in [2.45, 2.75) is 13.8 Å². The highest BCUT2D eigenvalue weighted by Gasteiger charge is 2.07. The van der Waals surface area contributed by atoms with E-state index in [1.807, 2.05) is 80.6 Å². The van der Waals surface area contributed by atoms with E-state index in [1.165, 1.54) is 5.57 Å². The second-order valence-corrected chi connectivity index (χ2v) is 5.13. The van der Waals surface area contributed by atoms with Crippen LogP contribution in [0.2, 0.25) is 0 Å². The molecule has 0 N–H and O–H groups in total. The number of rotatable bonds is 2. The summed E-state index contributed by atoms with van der Waals surface area (Å²) in [4.78, 5) is 0. The van der Waals surface area contributed by atoms with E-state index in [-0.39, 0.29) is 5.57 Å². The largest absolute Gasteiger partial charge is 0.192 e. The summed E-state index contributed by atoms with van der Waals surface area (Å²) < 4.78 is 0. The number of hydrogen-bond acceptors (Lipinski definition) is 2. The predicted octanol–water partition coefficient (Wildman–Crippen LogP) is 4.88. The van der Waals surface area contributed by atoms with Crippen molar-refractivity contribution in [1.82, 2.24) is 0 Å². The van der Waals surface area contributed by atoms with Crippen LogP contribution in [0.25, 0.3) is 5.57 Å². The maximum absolute atomic E-state index is 9.23. The normalized spacial score (nSPS) is 15.2. The van der Waals surface area contributed by atoms with Gasteiger partial charge in [-0.25, -0.2) is 0 Å². The monoisotopic (exact) mass is 284 g/mol. The summed E-state index contributed by atoms with van der Waals surface area (Å²) >= 11 is 0. The summed E-state index contributed by atoms with van der Waals surface area (Å²) in [5.41, 5.74) is 4.90. The molecule has 1 aliphatic rings. The van der Waals surface area contributed by atoms with Crippen LogP contribution in [0.5, 0.6) is 0 Å². The SMILES string of the molecule is CC1=CC(C)=C/C(=C\C(=C(C#N)C#N)c2ccccc2)C=C1. The zero-order valence-corrected chi connectivity index (χ0v) is 12.7. The molecule has 0 radical (unpaired) electrons. The molecule has 22 heavy (non-hydrogen) atoms. The molecule has 2 nitrogen and oxygen atoms in total. The number of hydrogen-bond donors (Lipinski definition) is 0. The maximum atomic E-state index is 9.23. The first-order chi connectivity index (χ1) is 10.6. The van der Waals surface area contributed by atoms with E-state index >= 15 is 0 Å². The van der Waals surface area contributed by atoms with Crippen LogP contribution in [0.1, 0.15) is 19.4 Å². The van der Waals surface area contributed by atoms with Gasteiger partial charge >= 0.3 is 0 Å². The highest BCUT2D eigenvalue weighted by Crippen LogP contribution is 2.24. The number of nitrogens with zero attached hydrogens (tertiary/aromatic N) is 2. The summed E-state index contributed by atoms with van der Waals surface area (Å²) in [5.74, 6) is 0. The molecule has 1 aromatic carbocycles. The van der Waals surface area contributed by atoms with Crippen LogP contribution in [0.15, 0.2) is 83.0 Å². The minimum absolute atomic E-state index is 0.118. The van der Waals surface area contributed by atoms with Crippen molar-refractivity contribution >= 4 is 5.57 Å². The molecule has 0 aliphatic heterocycles. The molecule has 0 saturated heterocycles. The fraction of sp³-hybridized carbons (Fsp3) is 0.100. The highest BCUT2D eigenvalue weighted by atomic mass is 14.3. The van der Waals surface area contributed by atoms with Gasteiger partial charge in [-0.15, -0.1) is 0 Å². The third kappa shape index (κ3) is 3.72. The first-order valence-electron chi connectivity index (χ1n) is 7.00. The lowest BCUT2D eigenvalue weighted by Crippen LogP contribution is -1.88. The van der Waals surface area contributed by atoms with Crippen LogP contribution >= 0.6 is 0 Å². The minimum Gasteiger partial charge on any atom is -0.192 e. The van der Waals surface area contributed by atoms with Gasteiger partial charge in [0.2, 0.25) is 0 Å². The third-order valence-electron chi connectivity index (χ3n) is 3.28. The number of nitriles is 2. The zero-order valence-electron chi connectivity index (χ0n) is 12.7. The zero-order chi connectivity index (χ0) is 15.9. The van der Waals surface area contributed by atoms with Crippen molar-refractivity contribution in [3.05, 3.63) is 88.6 Å². The Balaban J connectivity index is 2.60. The second-order valence-electron chi connectivity index (χ2n) is 5.13. The van der Waals surface area contributed by atoms with Gasteiger partial charge in [-0.05, 0) is 31.1 Å². The number of allylic oxidation sites excluding steroid dienone is 10. The van der Waals surface area contributed by atoms with Crippen LogP contribution < -0.4 is 0 Å². The van der Waals surface area contributed by atoms with Crippen LogP contribution in [-0.2, 0) is 0 Å². The summed E-state index contributed by atoms with van der Waals surface area (Å²) in [7, 11) is 0. The lowest BCUT2D eigenvalue weighted by atomic mass is 9.98. The Labute approximate surface area is 131 Å². The third-order valence-corrected chi connectivity index (χ3v) is 3.28. The van der Waals surface area contributed by atoms with E-state index in [0.717, 1.165) is 16.7 Å². The highest BCUT2D eigenvalue weighted by molar-refractivity contribution is 5.83. The standard InChI is InChI=1S/C20H16N2/c1-15-8-9-17(11-16(2)10-15)12-20(19(13-21)14-22)18-6-4-3-5-7-18/h3-12H,1-2H3/b17-12-. The van der Waals surface area contributed by atoms with E-state index in [4.69, 9.17) is 0 Å². The summed E-state index contributed by atoms with van der Waals surface area (Å²) in [6, 6.07) is 13.5. The quantitative estimate of drug-likeness (QED) is 0.727. The number of benzene rings is 1. The molecule has 0 aromatic heterocycles. The average Bonchev–Trinajstić information content (AvgIpc) is 2.68. The first-order valence-corrected chi connectivity index (χ1v) is 7.00. The van der Waals surface area contributed by atoms with Gasteiger partial charge in [0.25, 0.3) is 0 Å². The topological polar surface area (TPSA) is 47.6 Å². The van der Waals surface area contributed by atoms with E-state index in [1.54, 1.807) is 0 Å².